The zero-order valence-electron chi connectivity index (χ0n) is 13.9. The van der Waals surface area contributed by atoms with Gasteiger partial charge in [0.25, 0.3) is 0 Å². The van der Waals surface area contributed by atoms with E-state index >= 15 is 0 Å². The lowest BCUT2D eigenvalue weighted by Gasteiger charge is -2.19. The number of rotatable bonds is 4. The number of aryl methyl sites for hydroxylation is 1. The highest BCUT2D eigenvalue weighted by molar-refractivity contribution is 5.98. The number of hydrogen-bond acceptors (Lipinski definition) is 5. The maximum Gasteiger partial charge on any atom is 0.350 e. The summed E-state index contributed by atoms with van der Waals surface area (Å²) in [4.78, 5) is 11.7. The van der Waals surface area contributed by atoms with Gasteiger partial charge in [0.15, 0.2) is 0 Å². The van der Waals surface area contributed by atoms with Crippen LogP contribution >= 0.6 is 0 Å². The Balaban J connectivity index is 2.55. The first-order valence-electron chi connectivity index (χ1n) is 7.13. The van der Waals surface area contributed by atoms with Crippen LogP contribution in [0.5, 0.6) is 11.5 Å². The number of carbonyl (C=O) groups excluding carboxylic acids is 1. The van der Waals surface area contributed by atoms with E-state index in [4.69, 9.17) is 14.2 Å². The Morgan fingerprint density at radius 3 is 2.22 bits per heavy atom. The fourth-order valence-corrected chi connectivity index (χ4v) is 2.54. The number of methoxy groups -OCH3 is 2. The molecular formula is C18H19NO4. The fraction of sp³-hybridized carbons (Fsp3) is 0.333. The van der Waals surface area contributed by atoms with Gasteiger partial charge in [-0.3, -0.25) is 0 Å². The average Bonchev–Trinajstić information content (AvgIpc) is 2.72. The predicted octanol–water partition coefficient (Wildman–Crippen LogP) is 3.18. The first kappa shape index (κ1) is 16.6. The fourth-order valence-electron chi connectivity index (χ4n) is 2.54. The molecule has 1 heterocycles. The number of benzene rings is 1. The quantitative estimate of drug-likeness (QED) is 0.799. The molecule has 0 aromatic heterocycles. The standard InChI is InChI=1S/C18H19NO4/c1-11-8-15(21-4)12(16(9-11)22-5)6-7-14-13(10-19)17(20)23-18(14,2)3/h6-9H,1-5H3/b7-6+. The molecule has 1 aliphatic heterocycles. The van der Waals surface area contributed by atoms with Crippen LogP contribution < -0.4 is 9.47 Å². The number of ether oxygens (including phenoxy) is 3. The maximum absolute atomic E-state index is 11.7. The Morgan fingerprint density at radius 2 is 1.74 bits per heavy atom. The number of nitrogens with zero attached hydrogens (tertiary/aromatic N) is 1. The summed E-state index contributed by atoms with van der Waals surface area (Å²) in [7, 11) is 3.16. The smallest absolute Gasteiger partial charge is 0.350 e. The SMILES string of the molecule is COc1cc(C)cc(OC)c1/C=C/C1=C(C#N)C(=O)OC1(C)C. The van der Waals surface area contributed by atoms with E-state index in [1.807, 2.05) is 25.1 Å². The van der Waals surface area contributed by atoms with E-state index in [0.717, 1.165) is 11.1 Å². The zero-order chi connectivity index (χ0) is 17.2. The van der Waals surface area contributed by atoms with Gasteiger partial charge in [-0.15, -0.1) is 0 Å². The molecule has 23 heavy (non-hydrogen) atoms. The third-order valence-electron chi connectivity index (χ3n) is 3.69. The van der Waals surface area contributed by atoms with Crippen LogP contribution in [0.3, 0.4) is 0 Å². The molecule has 1 aromatic rings. The van der Waals surface area contributed by atoms with Crippen molar-refractivity contribution in [2.75, 3.05) is 14.2 Å². The van der Waals surface area contributed by atoms with E-state index < -0.39 is 11.6 Å². The highest BCUT2D eigenvalue weighted by atomic mass is 16.6. The molecule has 0 bridgehead atoms. The highest BCUT2D eigenvalue weighted by Crippen LogP contribution is 2.36. The van der Waals surface area contributed by atoms with Gasteiger partial charge in [0.05, 0.1) is 19.8 Å². The van der Waals surface area contributed by atoms with E-state index in [-0.39, 0.29) is 5.57 Å². The molecule has 0 N–H and O–H groups in total. The van der Waals surface area contributed by atoms with Crippen LogP contribution in [0, 0.1) is 18.3 Å². The molecule has 1 aromatic carbocycles. The van der Waals surface area contributed by atoms with E-state index in [9.17, 15) is 10.1 Å². The lowest BCUT2D eigenvalue weighted by Crippen LogP contribution is -2.22. The summed E-state index contributed by atoms with van der Waals surface area (Å²) in [5, 5.41) is 9.18. The summed E-state index contributed by atoms with van der Waals surface area (Å²) in [6.07, 6.45) is 3.48. The maximum atomic E-state index is 11.7. The summed E-state index contributed by atoms with van der Waals surface area (Å²) in [6, 6.07) is 5.70. The number of hydrogen-bond donors (Lipinski definition) is 0. The molecule has 0 radical (unpaired) electrons. The van der Waals surface area contributed by atoms with Crippen LogP contribution in [-0.2, 0) is 9.53 Å². The van der Waals surface area contributed by atoms with E-state index in [1.54, 1.807) is 40.2 Å². The summed E-state index contributed by atoms with van der Waals surface area (Å²) < 4.78 is 16.0. The molecule has 5 heteroatoms. The average molecular weight is 313 g/mol. The van der Waals surface area contributed by atoms with Gasteiger partial charge in [0.1, 0.15) is 28.7 Å². The van der Waals surface area contributed by atoms with Gasteiger partial charge >= 0.3 is 5.97 Å². The van der Waals surface area contributed by atoms with Crippen molar-refractivity contribution in [1.29, 1.82) is 5.26 Å². The number of carbonyl (C=O) groups is 1. The summed E-state index contributed by atoms with van der Waals surface area (Å²) in [5.41, 5.74) is 1.46. The second kappa shape index (κ2) is 6.17. The normalized spacial score (nSPS) is 16.4. The molecule has 0 amide bonds. The van der Waals surface area contributed by atoms with Gasteiger partial charge < -0.3 is 14.2 Å². The molecule has 1 aliphatic rings. The predicted molar refractivity (Wildman–Crippen MR) is 86.1 cm³/mol. The Hall–Kier alpha value is -2.74. The van der Waals surface area contributed by atoms with E-state index in [0.29, 0.717) is 17.1 Å². The van der Waals surface area contributed by atoms with E-state index in [2.05, 4.69) is 0 Å². The number of esters is 1. The van der Waals surface area contributed by atoms with Crippen molar-refractivity contribution in [3.05, 3.63) is 40.5 Å². The van der Waals surface area contributed by atoms with Crippen LogP contribution in [0.15, 0.2) is 29.4 Å². The van der Waals surface area contributed by atoms with Crippen molar-refractivity contribution in [1.82, 2.24) is 0 Å². The number of cyclic esters (lactones) is 1. The largest absolute Gasteiger partial charge is 0.496 e. The van der Waals surface area contributed by atoms with Crippen LogP contribution in [0.4, 0.5) is 0 Å². The van der Waals surface area contributed by atoms with E-state index in [1.165, 1.54) is 0 Å². The molecule has 0 atom stereocenters. The first-order chi connectivity index (χ1) is 10.8. The summed E-state index contributed by atoms with van der Waals surface area (Å²) in [6.45, 7) is 5.44. The van der Waals surface area contributed by atoms with Crippen LogP contribution in [0.1, 0.15) is 25.0 Å². The molecule has 5 nitrogen and oxygen atoms in total. The molecule has 0 saturated heterocycles. The Kier molecular flexibility index (Phi) is 4.46. The Labute approximate surface area is 135 Å². The summed E-state index contributed by atoms with van der Waals surface area (Å²) >= 11 is 0. The number of nitriles is 1. The molecular weight excluding hydrogens is 294 g/mol. The van der Waals surface area contributed by atoms with Gasteiger partial charge in [0.2, 0.25) is 0 Å². The zero-order valence-corrected chi connectivity index (χ0v) is 13.9. The molecule has 0 unspecified atom stereocenters. The van der Waals surface area contributed by atoms with Crippen LogP contribution in [0.25, 0.3) is 6.08 Å². The van der Waals surface area contributed by atoms with Crippen molar-refractivity contribution in [3.8, 4) is 17.6 Å². The van der Waals surface area contributed by atoms with Gasteiger partial charge in [0, 0.05) is 5.57 Å². The first-order valence-corrected chi connectivity index (χ1v) is 7.13. The van der Waals surface area contributed by atoms with Crippen molar-refractivity contribution in [3.63, 3.8) is 0 Å². The van der Waals surface area contributed by atoms with Gasteiger partial charge in [-0.2, -0.15) is 5.26 Å². The molecule has 120 valence electrons. The lowest BCUT2D eigenvalue weighted by atomic mass is 9.94. The second-order valence-corrected chi connectivity index (χ2v) is 5.72. The van der Waals surface area contributed by atoms with Crippen LogP contribution in [0.2, 0.25) is 0 Å². The molecule has 0 fully saturated rings. The third kappa shape index (κ3) is 3.07. The molecule has 0 saturated carbocycles. The van der Waals surface area contributed by atoms with Gasteiger partial charge in [-0.25, -0.2) is 4.79 Å². The Bertz CT molecular complexity index is 726. The molecule has 0 spiro atoms. The lowest BCUT2D eigenvalue weighted by molar-refractivity contribution is -0.144. The summed E-state index contributed by atoms with van der Waals surface area (Å²) in [5.74, 6) is 0.709. The van der Waals surface area contributed by atoms with Crippen LogP contribution in [-0.4, -0.2) is 25.8 Å². The van der Waals surface area contributed by atoms with Gasteiger partial charge in [-0.05, 0) is 44.5 Å². The van der Waals surface area contributed by atoms with Crippen molar-refractivity contribution in [2.45, 2.75) is 26.4 Å². The highest BCUT2D eigenvalue weighted by Gasteiger charge is 2.39. The molecule has 2 rings (SSSR count). The van der Waals surface area contributed by atoms with Gasteiger partial charge in [-0.1, -0.05) is 6.08 Å². The topological polar surface area (TPSA) is 68.5 Å². The minimum Gasteiger partial charge on any atom is -0.496 e. The Morgan fingerprint density at radius 1 is 1.17 bits per heavy atom. The minimum absolute atomic E-state index is 0.0243. The van der Waals surface area contributed by atoms with Crippen molar-refractivity contribution in [2.24, 2.45) is 0 Å². The second-order valence-electron chi connectivity index (χ2n) is 5.72. The monoisotopic (exact) mass is 313 g/mol. The minimum atomic E-state index is -0.843. The molecule has 0 aliphatic carbocycles. The third-order valence-corrected chi connectivity index (χ3v) is 3.69. The van der Waals surface area contributed by atoms with Crippen molar-refractivity contribution >= 4 is 12.0 Å². The van der Waals surface area contributed by atoms with Crippen molar-refractivity contribution < 1.29 is 19.0 Å².